The molecule has 1 aliphatic heterocycles. The van der Waals surface area contributed by atoms with E-state index in [-0.39, 0.29) is 11.2 Å². The molecule has 5 nitrogen and oxygen atoms in total. The molecule has 0 saturated carbocycles. The molecule has 1 fully saturated rings. The third-order valence-electron chi connectivity index (χ3n) is 3.47. The number of hydrogen-bond donors (Lipinski definition) is 2. The van der Waals surface area contributed by atoms with Gasteiger partial charge in [-0.25, -0.2) is 0 Å². The maximum Gasteiger partial charge on any atom is 0.226 e. The van der Waals surface area contributed by atoms with E-state index in [0.29, 0.717) is 24.9 Å². The molecule has 0 bridgehead atoms. The van der Waals surface area contributed by atoms with Crippen LogP contribution in [0.4, 0.5) is 0 Å². The Hall–Kier alpha value is -1.33. The first kappa shape index (κ1) is 13.1. The lowest BCUT2D eigenvalue weighted by atomic mass is 9.99. The zero-order valence-corrected chi connectivity index (χ0v) is 10.5. The van der Waals surface area contributed by atoms with Gasteiger partial charge in [0, 0.05) is 12.1 Å². The molecular formula is C13H20N2O3. The van der Waals surface area contributed by atoms with E-state index < -0.39 is 0 Å². The van der Waals surface area contributed by atoms with E-state index >= 15 is 0 Å². The van der Waals surface area contributed by atoms with Crippen LogP contribution in [0.25, 0.3) is 0 Å². The second-order valence-corrected chi connectivity index (χ2v) is 4.79. The van der Waals surface area contributed by atoms with Gasteiger partial charge in [-0.3, -0.25) is 9.69 Å². The zero-order valence-electron chi connectivity index (χ0n) is 10.5. The molecule has 1 unspecified atom stereocenters. The van der Waals surface area contributed by atoms with Gasteiger partial charge < -0.3 is 15.3 Å². The molecule has 100 valence electrons. The standard InChI is InChI=1S/C13H20N2O3/c14-5-4-10-3-1-2-6-15(10)8-11-7-12(16)13(17)9-18-11/h7,9-10,17H,1-6,8,14H2. The summed E-state index contributed by atoms with van der Waals surface area (Å²) in [6, 6.07) is 1.84. The summed E-state index contributed by atoms with van der Waals surface area (Å²) >= 11 is 0. The number of hydrogen-bond acceptors (Lipinski definition) is 5. The molecular weight excluding hydrogens is 232 g/mol. The normalized spacial score (nSPS) is 21.1. The van der Waals surface area contributed by atoms with Crippen molar-refractivity contribution in [2.24, 2.45) is 5.73 Å². The van der Waals surface area contributed by atoms with E-state index in [0.717, 1.165) is 25.6 Å². The number of nitrogens with two attached hydrogens (primary N) is 1. The lowest BCUT2D eigenvalue weighted by Gasteiger charge is -2.35. The second-order valence-electron chi connectivity index (χ2n) is 4.79. The van der Waals surface area contributed by atoms with Gasteiger partial charge in [0.05, 0.1) is 6.54 Å². The van der Waals surface area contributed by atoms with Gasteiger partial charge in [-0.05, 0) is 32.4 Å². The Bertz CT molecular complexity index is 442. The lowest BCUT2D eigenvalue weighted by molar-refractivity contribution is 0.123. The Morgan fingerprint density at radius 1 is 1.50 bits per heavy atom. The van der Waals surface area contributed by atoms with Crippen molar-refractivity contribution in [2.45, 2.75) is 38.3 Å². The Balaban J connectivity index is 2.06. The summed E-state index contributed by atoms with van der Waals surface area (Å²) in [6.07, 6.45) is 5.64. The van der Waals surface area contributed by atoms with Crippen molar-refractivity contribution in [3.05, 3.63) is 28.3 Å². The van der Waals surface area contributed by atoms with Crippen molar-refractivity contribution in [2.75, 3.05) is 13.1 Å². The summed E-state index contributed by atoms with van der Waals surface area (Å²) in [5.41, 5.74) is 5.24. The van der Waals surface area contributed by atoms with Crippen LogP contribution in [0, 0.1) is 0 Å². The van der Waals surface area contributed by atoms with Crippen LogP contribution >= 0.6 is 0 Å². The molecule has 2 heterocycles. The average molecular weight is 252 g/mol. The summed E-state index contributed by atoms with van der Waals surface area (Å²) in [5.74, 6) is 0.262. The highest BCUT2D eigenvalue weighted by Crippen LogP contribution is 2.21. The van der Waals surface area contributed by atoms with Crippen LogP contribution in [-0.4, -0.2) is 29.1 Å². The van der Waals surface area contributed by atoms with Crippen LogP contribution < -0.4 is 11.2 Å². The predicted molar refractivity (Wildman–Crippen MR) is 68.4 cm³/mol. The van der Waals surface area contributed by atoms with Crippen molar-refractivity contribution in [3.8, 4) is 5.75 Å². The van der Waals surface area contributed by atoms with Gasteiger partial charge in [-0.15, -0.1) is 0 Å². The molecule has 5 heteroatoms. The Kier molecular flexibility index (Phi) is 4.38. The van der Waals surface area contributed by atoms with Gasteiger partial charge >= 0.3 is 0 Å². The van der Waals surface area contributed by atoms with Gasteiger partial charge in [-0.2, -0.15) is 0 Å². The Labute approximate surface area is 106 Å². The van der Waals surface area contributed by atoms with E-state index in [9.17, 15) is 4.79 Å². The number of likely N-dealkylation sites (tertiary alicyclic amines) is 1. The second kappa shape index (κ2) is 6.02. The topological polar surface area (TPSA) is 79.7 Å². The van der Waals surface area contributed by atoms with E-state index in [1.165, 1.54) is 18.9 Å². The number of nitrogens with zero attached hydrogens (tertiary/aromatic N) is 1. The molecule has 1 atom stereocenters. The van der Waals surface area contributed by atoms with Gasteiger partial charge in [0.1, 0.15) is 12.0 Å². The molecule has 0 aromatic carbocycles. The molecule has 0 radical (unpaired) electrons. The molecule has 18 heavy (non-hydrogen) atoms. The highest BCUT2D eigenvalue weighted by Gasteiger charge is 2.22. The van der Waals surface area contributed by atoms with Crippen LogP contribution in [0.5, 0.6) is 5.75 Å². The fourth-order valence-electron chi connectivity index (χ4n) is 2.51. The Morgan fingerprint density at radius 2 is 2.33 bits per heavy atom. The zero-order chi connectivity index (χ0) is 13.0. The SMILES string of the molecule is NCCC1CCCCN1Cc1cc(=O)c(O)co1. The average Bonchev–Trinajstić information content (AvgIpc) is 2.37. The Morgan fingerprint density at radius 3 is 3.06 bits per heavy atom. The number of piperidine rings is 1. The first-order valence-electron chi connectivity index (χ1n) is 6.45. The van der Waals surface area contributed by atoms with Crippen LogP contribution in [-0.2, 0) is 6.54 Å². The smallest absolute Gasteiger partial charge is 0.226 e. The molecule has 1 saturated heterocycles. The van der Waals surface area contributed by atoms with Crippen LogP contribution in [0.3, 0.4) is 0 Å². The van der Waals surface area contributed by atoms with Crippen molar-refractivity contribution < 1.29 is 9.52 Å². The minimum absolute atomic E-state index is 0.337. The van der Waals surface area contributed by atoms with Crippen LogP contribution in [0.1, 0.15) is 31.4 Å². The van der Waals surface area contributed by atoms with Gasteiger partial charge in [-0.1, -0.05) is 6.42 Å². The number of aromatic hydroxyl groups is 1. The maximum atomic E-state index is 11.3. The summed E-state index contributed by atoms with van der Waals surface area (Å²) in [4.78, 5) is 13.7. The quantitative estimate of drug-likeness (QED) is 0.837. The molecule has 2 rings (SSSR count). The molecule has 0 amide bonds. The van der Waals surface area contributed by atoms with Crippen molar-refractivity contribution in [1.29, 1.82) is 0 Å². The van der Waals surface area contributed by atoms with Crippen molar-refractivity contribution in [1.82, 2.24) is 4.90 Å². The monoisotopic (exact) mass is 252 g/mol. The first-order chi connectivity index (χ1) is 8.70. The molecule has 1 aromatic heterocycles. The van der Waals surface area contributed by atoms with Crippen LogP contribution in [0.15, 0.2) is 21.5 Å². The molecule has 0 aliphatic carbocycles. The van der Waals surface area contributed by atoms with E-state index in [1.807, 2.05) is 0 Å². The molecule has 3 N–H and O–H groups in total. The van der Waals surface area contributed by atoms with Crippen LogP contribution in [0.2, 0.25) is 0 Å². The summed E-state index contributed by atoms with van der Waals surface area (Å²) in [7, 11) is 0. The summed E-state index contributed by atoms with van der Waals surface area (Å²) in [5, 5.41) is 9.15. The third kappa shape index (κ3) is 3.11. The number of rotatable bonds is 4. The van der Waals surface area contributed by atoms with Gasteiger partial charge in [0.15, 0.2) is 5.75 Å². The fraction of sp³-hybridized carbons (Fsp3) is 0.615. The van der Waals surface area contributed by atoms with E-state index in [4.69, 9.17) is 15.3 Å². The van der Waals surface area contributed by atoms with Crippen molar-refractivity contribution in [3.63, 3.8) is 0 Å². The van der Waals surface area contributed by atoms with E-state index in [2.05, 4.69) is 4.90 Å². The maximum absolute atomic E-state index is 11.3. The third-order valence-corrected chi connectivity index (χ3v) is 3.47. The molecule has 0 spiro atoms. The molecule has 1 aromatic rings. The van der Waals surface area contributed by atoms with Gasteiger partial charge in [0.25, 0.3) is 0 Å². The molecule has 1 aliphatic rings. The van der Waals surface area contributed by atoms with Gasteiger partial charge in [0.2, 0.25) is 5.43 Å². The van der Waals surface area contributed by atoms with E-state index in [1.54, 1.807) is 0 Å². The minimum Gasteiger partial charge on any atom is -0.502 e. The lowest BCUT2D eigenvalue weighted by Crippen LogP contribution is -2.40. The highest BCUT2D eigenvalue weighted by atomic mass is 16.4. The van der Waals surface area contributed by atoms with Crippen molar-refractivity contribution >= 4 is 0 Å². The predicted octanol–water partition coefficient (Wildman–Crippen LogP) is 1.05. The first-order valence-corrected chi connectivity index (χ1v) is 6.45. The summed E-state index contributed by atoms with van der Waals surface area (Å²) < 4.78 is 5.25. The summed E-state index contributed by atoms with van der Waals surface area (Å²) in [6.45, 7) is 2.30. The fourth-order valence-corrected chi connectivity index (χ4v) is 2.51. The largest absolute Gasteiger partial charge is 0.502 e. The minimum atomic E-state index is -0.386. The highest BCUT2D eigenvalue weighted by molar-refractivity contribution is 5.15.